The number of carbonyl (C=O) groups excluding carboxylic acids is 2. The summed E-state index contributed by atoms with van der Waals surface area (Å²) in [6.07, 6.45) is 1.85. The zero-order valence-electron chi connectivity index (χ0n) is 10.1. The fraction of sp³-hybridized carbons (Fsp3) is 0.818. The SMILES string of the molecule is CCOC(=O)C(N)C(=O)NCC1CCOCC1. The van der Waals surface area contributed by atoms with Crippen LogP contribution in [0.25, 0.3) is 0 Å². The van der Waals surface area contributed by atoms with E-state index in [9.17, 15) is 9.59 Å². The second kappa shape index (κ2) is 7.24. The Hall–Kier alpha value is -1.14. The third-order valence-corrected chi connectivity index (χ3v) is 2.73. The summed E-state index contributed by atoms with van der Waals surface area (Å²) >= 11 is 0. The van der Waals surface area contributed by atoms with Crippen LogP contribution in [-0.4, -0.2) is 44.3 Å². The Kier molecular flexibility index (Phi) is 5.93. The summed E-state index contributed by atoms with van der Waals surface area (Å²) in [4.78, 5) is 22.7. The molecule has 1 amide bonds. The Morgan fingerprint density at radius 3 is 2.71 bits per heavy atom. The quantitative estimate of drug-likeness (QED) is 0.499. The standard InChI is InChI=1S/C11H20N2O4/c1-2-17-11(15)9(12)10(14)13-7-8-3-5-16-6-4-8/h8-9H,2-7,12H2,1H3,(H,13,14). The van der Waals surface area contributed by atoms with Crippen LogP contribution in [0.15, 0.2) is 0 Å². The summed E-state index contributed by atoms with van der Waals surface area (Å²) < 4.78 is 9.88. The Bertz CT molecular complexity index is 264. The molecule has 0 spiro atoms. The number of hydrogen-bond acceptors (Lipinski definition) is 5. The summed E-state index contributed by atoms with van der Waals surface area (Å²) in [7, 11) is 0. The van der Waals surface area contributed by atoms with E-state index in [2.05, 4.69) is 10.1 Å². The molecule has 1 unspecified atom stereocenters. The minimum atomic E-state index is -1.23. The lowest BCUT2D eigenvalue weighted by atomic mass is 10.0. The average Bonchev–Trinajstić information content (AvgIpc) is 2.36. The summed E-state index contributed by atoms with van der Waals surface area (Å²) in [5, 5.41) is 2.67. The van der Waals surface area contributed by atoms with Crippen molar-refractivity contribution in [1.29, 1.82) is 0 Å². The third kappa shape index (κ3) is 4.70. The molecule has 17 heavy (non-hydrogen) atoms. The van der Waals surface area contributed by atoms with E-state index in [0.29, 0.717) is 12.5 Å². The van der Waals surface area contributed by atoms with Gasteiger partial charge in [0.15, 0.2) is 6.04 Å². The molecule has 0 aromatic rings. The average molecular weight is 244 g/mol. The van der Waals surface area contributed by atoms with Crippen LogP contribution < -0.4 is 11.1 Å². The highest BCUT2D eigenvalue weighted by Gasteiger charge is 2.24. The summed E-state index contributed by atoms with van der Waals surface area (Å²) in [6.45, 7) is 3.88. The van der Waals surface area contributed by atoms with Crippen molar-refractivity contribution in [3.63, 3.8) is 0 Å². The van der Waals surface area contributed by atoms with Gasteiger partial charge in [-0.05, 0) is 25.7 Å². The molecule has 0 radical (unpaired) electrons. The van der Waals surface area contributed by atoms with Crippen molar-refractivity contribution < 1.29 is 19.1 Å². The molecule has 1 rings (SSSR count). The summed E-state index contributed by atoms with van der Waals surface area (Å²) in [5.74, 6) is -0.756. The fourth-order valence-electron chi connectivity index (χ4n) is 1.64. The smallest absolute Gasteiger partial charge is 0.332 e. The van der Waals surface area contributed by atoms with E-state index in [1.165, 1.54) is 0 Å². The van der Waals surface area contributed by atoms with Gasteiger partial charge in [0, 0.05) is 19.8 Å². The van der Waals surface area contributed by atoms with Crippen LogP contribution in [0.3, 0.4) is 0 Å². The van der Waals surface area contributed by atoms with Crippen LogP contribution in [0, 0.1) is 5.92 Å². The maximum absolute atomic E-state index is 11.5. The van der Waals surface area contributed by atoms with Gasteiger partial charge >= 0.3 is 5.97 Å². The molecule has 1 atom stereocenters. The number of nitrogens with one attached hydrogen (secondary N) is 1. The van der Waals surface area contributed by atoms with E-state index in [1.54, 1.807) is 6.92 Å². The van der Waals surface area contributed by atoms with E-state index in [0.717, 1.165) is 26.1 Å². The van der Waals surface area contributed by atoms with Gasteiger partial charge in [0.25, 0.3) is 0 Å². The number of hydrogen-bond donors (Lipinski definition) is 2. The first kappa shape index (κ1) is 13.9. The molecule has 0 aliphatic carbocycles. The maximum Gasteiger partial charge on any atom is 0.332 e. The van der Waals surface area contributed by atoms with Gasteiger partial charge in [-0.3, -0.25) is 4.79 Å². The minimum absolute atomic E-state index is 0.222. The number of carbonyl (C=O) groups is 2. The Balaban J connectivity index is 2.25. The largest absolute Gasteiger partial charge is 0.464 e. The maximum atomic E-state index is 11.5. The number of ether oxygens (including phenoxy) is 2. The Labute approximate surface area is 101 Å². The number of nitrogens with two attached hydrogens (primary N) is 1. The molecule has 0 aromatic carbocycles. The van der Waals surface area contributed by atoms with Gasteiger partial charge in [-0.2, -0.15) is 0 Å². The Morgan fingerprint density at radius 1 is 1.47 bits per heavy atom. The fourth-order valence-corrected chi connectivity index (χ4v) is 1.64. The molecule has 98 valence electrons. The molecule has 1 aliphatic rings. The van der Waals surface area contributed by atoms with Crippen LogP contribution in [-0.2, 0) is 19.1 Å². The van der Waals surface area contributed by atoms with E-state index < -0.39 is 17.9 Å². The molecule has 1 heterocycles. The molecule has 0 saturated carbocycles. The van der Waals surface area contributed by atoms with Gasteiger partial charge in [-0.15, -0.1) is 0 Å². The first-order valence-electron chi connectivity index (χ1n) is 5.92. The topological polar surface area (TPSA) is 90.7 Å². The molecule has 1 fully saturated rings. The number of esters is 1. The molecule has 6 nitrogen and oxygen atoms in total. The van der Waals surface area contributed by atoms with Crippen molar-refractivity contribution in [2.45, 2.75) is 25.8 Å². The van der Waals surface area contributed by atoms with Gasteiger partial charge in [0.2, 0.25) is 5.91 Å². The highest BCUT2D eigenvalue weighted by atomic mass is 16.5. The number of amides is 1. The lowest BCUT2D eigenvalue weighted by Gasteiger charge is -2.22. The third-order valence-electron chi connectivity index (χ3n) is 2.73. The number of rotatable bonds is 5. The van der Waals surface area contributed by atoms with E-state index in [4.69, 9.17) is 10.5 Å². The molecule has 0 bridgehead atoms. The van der Waals surface area contributed by atoms with Crippen molar-refractivity contribution in [1.82, 2.24) is 5.32 Å². The molecule has 1 saturated heterocycles. The van der Waals surface area contributed by atoms with Crippen LogP contribution in [0.1, 0.15) is 19.8 Å². The highest BCUT2D eigenvalue weighted by Crippen LogP contribution is 2.13. The second-order valence-corrected chi connectivity index (χ2v) is 4.03. The molecule has 0 aromatic heterocycles. The van der Waals surface area contributed by atoms with Gasteiger partial charge in [-0.1, -0.05) is 0 Å². The predicted octanol–water partition coefficient (Wildman–Crippen LogP) is -0.580. The van der Waals surface area contributed by atoms with E-state index in [-0.39, 0.29) is 6.61 Å². The van der Waals surface area contributed by atoms with Crippen LogP contribution >= 0.6 is 0 Å². The van der Waals surface area contributed by atoms with Crippen molar-refractivity contribution >= 4 is 11.9 Å². The molecular weight excluding hydrogens is 224 g/mol. The van der Waals surface area contributed by atoms with E-state index >= 15 is 0 Å². The highest BCUT2D eigenvalue weighted by molar-refractivity contribution is 6.01. The lowest BCUT2D eigenvalue weighted by molar-refractivity contribution is -0.148. The van der Waals surface area contributed by atoms with E-state index in [1.807, 2.05) is 0 Å². The van der Waals surface area contributed by atoms with Gasteiger partial charge in [0.1, 0.15) is 0 Å². The van der Waals surface area contributed by atoms with Crippen molar-refractivity contribution in [3.8, 4) is 0 Å². The normalized spacial score (nSPS) is 18.5. The van der Waals surface area contributed by atoms with Gasteiger partial charge in [0.05, 0.1) is 6.61 Å². The minimum Gasteiger partial charge on any atom is -0.464 e. The summed E-state index contributed by atoms with van der Waals surface area (Å²) in [5.41, 5.74) is 5.45. The molecular formula is C11H20N2O4. The zero-order chi connectivity index (χ0) is 12.7. The van der Waals surface area contributed by atoms with Gasteiger partial charge in [-0.25, -0.2) is 4.79 Å². The molecule has 1 aliphatic heterocycles. The molecule has 6 heteroatoms. The summed E-state index contributed by atoms with van der Waals surface area (Å²) in [6, 6.07) is -1.23. The molecule has 3 N–H and O–H groups in total. The first-order chi connectivity index (χ1) is 8.15. The first-order valence-corrected chi connectivity index (χ1v) is 5.92. The second-order valence-electron chi connectivity index (χ2n) is 4.03. The van der Waals surface area contributed by atoms with Crippen LogP contribution in [0.2, 0.25) is 0 Å². The lowest BCUT2D eigenvalue weighted by Crippen LogP contribution is -2.48. The van der Waals surface area contributed by atoms with Crippen LogP contribution in [0.5, 0.6) is 0 Å². The van der Waals surface area contributed by atoms with Crippen molar-refractivity contribution in [2.24, 2.45) is 11.7 Å². The van der Waals surface area contributed by atoms with Crippen molar-refractivity contribution in [2.75, 3.05) is 26.4 Å². The zero-order valence-corrected chi connectivity index (χ0v) is 10.1. The van der Waals surface area contributed by atoms with Gasteiger partial charge < -0.3 is 20.5 Å². The Morgan fingerprint density at radius 2 is 2.12 bits per heavy atom. The predicted molar refractivity (Wildman–Crippen MR) is 61.2 cm³/mol. The monoisotopic (exact) mass is 244 g/mol. The van der Waals surface area contributed by atoms with Crippen molar-refractivity contribution in [3.05, 3.63) is 0 Å². The van der Waals surface area contributed by atoms with Crippen LogP contribution in [0.4, 0.5) is 0 Å².